The van der Waals surface area contributed by atoms with E-state index in [1.807, 2.05) is 0 Å². The number of imide groups is 1. The van der Waals surface area contributed by atoms with Gasteiger partial charge in [-0.2, -0.15) is 0 Å². The van der Waals surface area contributed by atoms with Crippen LogP contribution in [0.25, 0.3) is 0 Å². The molecule has 6 heteroatoms. The van der Waals surface area contributed by atoms with E-state index in [1.165, 1.54) is 14.0 Å². The third kappa shape index (κ3) is 2.16. The summed E-state index contributed by atoms with van der Waals surface area (Å²) in [7, 11) is 1.18. The monoisotopic (exact) mass is 275 g/mol. The van der Waals surface area contributed by atoms with Gasteiger partial charge in [-0.25, -0.2) is 9.69 Å². The van der Waals surface area contributed by atoms with Gasteiger partial charge in [0.05, 0.1) is 18.2 Å². The predicted octanol–water partition coefficient (Wildman–Crippen LogP) is 1.33. The van der Waals surface area contributed by atoms with Gasteiger partial charge in [0.2, 0.25) is 0 Å². The van der Waals surface area contributed by atoms with Crippen molar-refractivity contribution in [2.45, 2.75) is 13.2 Å². The topological polar surface area (TPSA) is 72.9 Å². The van der Waals surface area contributed by atoms with E-state index in [0.717, 1.165) is 4.90 Å². The van der Waals surface area contributed by atoms with Gasteiger partial charge in [-0.1, -0.05) is 12.1 Å². The normalized spacial score (nSPS) is 14.8. The van der Waals surface area contributed by atoms with Crippen LogP contribution < -0.4 is 0 Å². The Labute approximate surface area is 115 Å². The van der Waals surface area contributed by atoms with E-state index in [9.17, 15) is 14.4 Å². The molecule has 1 aliphatic rings. The first-order chi connectivity index (χ1) is 9.47. The molecule has 1 aromatic carbocycles. The van der Waals surface area contributed by atoms with Crippen LogP contribution in [-0.4, -0.2) is 36.0 Å². The summed E-state index contributed by atoms with van der Waals surface area (Å²) in [4.78, 5) is 36.4. The molecule has 0 N–H and O–H groups in total. The lowest BCUT2D eigenvalue weighted by Crippen LogP contribution is -2.40. The number of hydrogen-bond acceptors (Lipinski definition) is 5. The molecule has 2 amide bonds. The number of ether oxygens (including phenoxy) is 2. The fourth-order valence-corrected chi connectivity index (χ4v) is 1.96. The third-order valence-electron chi connectivity index (χ3n) is 2.91. The number of carbonyl (C=O) groups excluding carboxylic acids is 3. The van der Waals surface area contributed by atoms with Crippen molar-refractivity contribution in [1.29, 1.82) is 0 Å². The lowest BCUT2D eigenvalue weighted by atomic mass is 10.1. The van der Waals surface area contributed by atoms with Crippen LogP contribution >= 0.6 is 0 Å². The molecule has 0 saturated carbocycles. The van der Waals surface area contributed by atoms with Crippen LogP contribution in [-0.2, 0) is 14.3 Å². The highest BCUT2D eigenvalue weighted by atomic mass is 16.6. The standard InChI is InChI=1S/C14H13NO5/c1-8(14(18)19-3)20-9(2)15-12(16)10-6-4-5-7-11(10)13(15)17/h4-7,9H,1H2,2-3H3. The lowest BCUT2D eigenvalue weighted by molar-refractivity contribution is -0.142. The molecule has 0 aromatic heterocycles. The van der Waals surface area contributed by atoms with E-state index < -0.39 is 24.0 Å². The van der Waals surface area contributed by atoms with Gasteiger partial charge in [-0.15, -0.1) is 0 Å². The summed E-state index contributed by atoms with van der Waals surface area (Å²) in [5.41, 5.74) is 0.633. The Balaban J connectivity index is 2.19. The third-order valence-corrected chi connectivity index (χ3v) is 2.91. The first-order valence-electron chi connectivity index (χ1n) is 5.88. The van der Waals surface area contributed by atoms with Crippen LogP contribution in [0.1, 0.15) is 27.6 Å². The molecule has 0 fully saturated rings. The molecule has 0 aliphatic carbocycles. The predicted molar refractivity (Wildman–Crippen MR) is 68.6 cm³/mol. The van der Waals surface area contributed by atoms with Gasteiger partial charge in [-0.3, -0.25) is 9.59 Å². The van der Waals surface area contributed by atoms with E-state index in [-0.39, 0.29) is 5.76 Å². The molecule has 0 spiro atoms. The first kappa shape index (κ1) is 13.8. The highest BCUT2D eigenvalue weighted by molar-refractivity contribution is 6.21. The molecule has 1 aromatic rings. The number of fused-ring (bicyclic) bond motifs is 1. The van der Waals surface area contributed by atoms with E-state index in [1.54, 1.807) is 24.3 Å². The molecule has 1 atom stereocenters. The van der Waals surface area contributed by atoms with Gasteiger partial charge in [0, 0.05) is 0 Å². The summed E-state index contributed by atoms with van der Waals surface area (Å²) in [6.45, 7) is 4.87. The Morgan fingerprint density at radius 2 is 1.70 bits per heavy atom. The summed E-state index contributed by atoms with van der Waals surface area (Å²) in [6.07, 6.45) is -0.950. The minimum absolute atomic E-state index is 0.267. The fourth-order valence-electron chi connectivity index (χ4n) is 1.96. The van der Waals surface area contributed by atoms with E-state index >= 15 is 0 Å². The zero-order valence-electron chi connectivity index (χ0n) is 11.1. The van der Waals surface area contributed by atoms with Gasteiger partial charge in [0.1, 0.15) is 0 Å². The van der Waals surface area contributed by atoms with Gasteiger partial charge in [0.25, 0.3) is 11.8 Å². The number of rotatable bonds is 4. The van der Waals surface area contributed by atoms with Gasteiger partial charge in [0.15, 0.2) is 12.0 Å². The van der Waals surface area contributed by atoms with Crippen molar-refractivity contribution >= 4 is 17.8 Å². The molecule has 0 bridgehead atoms. The number of benzene rings is 1. The average molecular weight is 275 g/mol. The van der Waals surface area contributed by atoms with Crippen LogP contribution in [0.4, 0.5) is 0 Å². The highest BCUT2D eigenvalue weighted by Crippen LogP contribution is 2.25. The van der Waals surface area contributed by atoms with Crippen LogP contribution in [0.15, 0.2) is 36.6 Å². The van der Waals surface area contributed by atoms with Crippen molar-refractivity contribution in [1.82, 2.24) is 4.90 Å². The van der Waals surface area contributed by atoms with E-state index in [0.29, 0.717) is 11.1 Å². The van der Waals surface area contributed by atoms with Crippen molar-refractivity contribution in [3.05, 3.63) is 47.7 Å². The molecule has 20 heavy (non-hydrogen) atoms. The number of hydrogen-bond donors (Lipinski definition) is 0. The average Bonchev–Trinajstić information content (AvgIpc) is 2.70. The molecule has 2 rings (SSSR count). The summed E-state index contributed by atoms with van der Waals surface area (Å²) in [6, 6.07) is 6.48. The maximum atomic E-state index is 12.1. The Hall–Kier alpha value is -2.63. The van der Waals surface area contributed by atoms with Crippen LogP contribution in [0.2, 0.25) is 0 Å². The Kier molecular flexibility index (Phi) is 3.56. The van der Waals surface area contributed by atoms with Crippen LogP contribution in [0, 0.1) is 0 Å². The number of carbonyl (C=O) groups is 3. The molecular weight excluding hydrogens is 262 g/mol. The Morgan fingerprint density at radius 1 is 1.20 bits per heavy atom. The minimum Gasteiger partial charge on any atom is -0.463 e. The van der Waals surface area contributed by atoms with Crippen LogP contribution in [0.3, 0.4) is 0 Å². The summed E-state index contributed by atoms with van der Waals surface area (Å²) in [5, 5.41) is 0. The number of nitrogens with zero attached hydrogens (tertiary/aromatic N) is 1. The number of methoxy groups -OCH3 is 1. The highest BCUT2D eigenvalue weighted by Gasteiger charge is 2.39. The second kappa shape index (κ2) is 5.16. The quantitative estimate of drug-likeness (QED) is 0.359. The Morgan fingerprint density at radius 3 is 2.15 bits per heavy atom. The summed E-state index contributed by atoms with van der Waals surface area (Å²) in [5.74, 6) is -1.95. The van der Waals surface area contributed by atoms with Crippen molar-refractivity contribution < 1.29 is 23.9 Å². The van der Waals surface area contributed by atoms with Crippen molar-refractivity contribution in [3.63, 3.8) is 0 Å². The summed E-state index contributed by atoms with van der Waals surface area (Å²) >= 11 is 0. The maximum Gasteiger partial charge on any atom is 0.372 e. The molecule has 1 unspecified atom stereocenters. The molecule has 0 radical (unpaired) electrons. The van der Waals surface area contributed by atoms with Crippen molar-refractivity contribution in [2.75, 3.05) is 7.11 Å². The molecule has 104 valence electrons. The summed E-state index contributed by atoms with van der Waals surface area (Å²) < 4.78 is 9.61. The lowest BCUT2D eigenvalue weighted by Gasteiger charge is -2.23. The molecular formula is C14H13NO5. The fraction of sp³-hybridized carbons (Fsp3) is 0.214. The van der Waals surface area contributed by atoms with Crippen LogP contribution in [0.5, 0.6) is 0 Å². The zero-order valence-corrected chi connectivity index (χ0v) is 11.1. The maximum absolute atomic E-state index is 12.1. The first-order valence-corrected chi connectivity index (χ1v) is 5.88. The molecule has 1 aliphatic heterocycles. The van der Waals surface area contributed by atoms with E-state index in [2.05, 4.69) is 11.3 Å². The largest absolute Gasteiger partial charge is 0.463 e. The molecule has 0 saturated heterocycles. The zero-order chi connectivity index (χ0) is 14.9. The van der Waals surface area contributed by atoms with Crippen molar-refractivity contribution in [3.8, 4) is 0 Å². The van der Waals surface area contributed by atoms with Gasteiger partial charge < -0.3 is 9.47 Å². The molecule has 1 heterocycles. The number of esters is 1. The minimum atomic E-state index is -0.950. The SMILES string of the molecule is C=C(OC(C)N1C(=O)c2ccccc2C1=O)C(=O)OC. The van der Waals surface area contributed by atoms with Gasteiger partial charge in [-0.05, 0) is 25.6 Å². The second-order valence-corrected chi connectivity index (χ2v) is 4.16. The second-order valence-electron chi connectivity index (χ2n) is 4.16. The smallest absolute Gasteiger partial charge is 0.372 e. The number of amides is 2. The Bertz CT molecular complexity index is 572. The molecule has 6 nitrogen and oxygen atoms in total. The van der Waals surface area contributed by atoms with E-state index in [4.69, 9.17) is 4.74 Å². The van der Waals surface area contributed by atoms with Crippen molar-refractivity contribution in [2.24, 2.45) is 0 Å². The van der Waals surface area contributed by atoms with Gasteiger partial charge >= 0.3 is 5.97 Å².